The van der Waals surface area contributed by atoms with E-state index in [1.54, 1.807) is 4.57 Å². The number of carbonyl (C=O) groups is 1. The van der Waals surface area contributed by atoms with Gasteiger partial charge in [-0.15, -0.1) is 0 Å². The Hall–Kier alpha value is -3.45. The Balaban J connectivity index is 1.70. The van der Waals surface area contributed by atoms with Crippen LogP contribution >= 0.6 is 0 Å². The van der Waals surface area contributed by atoms with Crippen LogP contribution in [0.15, 0.2) is 42.5 Å². The molecule has 7 heteroatoms. The highest BCUT2D eigenvalue weighted by atomic mass is 16.6. The van der Waals surface area contributed by atoms with E-state index in [0.717, 1.165) is 35.2 Å². The third-order valence-electron chi connectivity index (χ3n) is 5.73. The molecule has 3 heterocycles. The molecule has 0 saturated carbocycles. The molecule has 1 unspecified atom stereocenters. The number of hydrogen-bond donors (Lipinski definition) is 1. The Morgan fingerprint density at radius 3 is 2.71 bits per heavy atom. The maximum absolute atomic E-state index is 13.1. The summed E-state index contributed by atoms with van der Waals surface area (Å²) >= 11 is 0. The number of ether oxygens (including phenoxy) is 2. The molecule has 1 aliphatic heterocycles. The van der Waals surface area contributed by atoms with Crippen LogP contribution in [-0.4, -0.2) is 39.8 Å². The van der Waals surface area contributed by atoms with Crippen LogP contribution in [0.2, 0.25) is 0 Å². The molecule has 1 saturated heterocycles. The van der Waals surface area contributed by atoms with Gasteiger partial charge in [-0.1, -0.05) is 24.3 Å². The molecule has 0 spiro atoms. The maximum Gasteiger partial charge on any atom is 0.344 e. The van der Waals surface area contributed by atoms with Gasteiger partial charge < -0.3 is 15.2 Å². The Labute approximate surface area is 179 Å². The fraction of sp³-hybridized carbons (Fsp3) is 0.292. The quantitative estimate of drug-likeness (QED) is 0.504. The number of anilines is 1. The third-order valence-corrected chi connectivity index (χ3v) is 5.73. The summed E-state index contributed by atoms with van der Waals surface area (Å²) in [5, 5.41) is 0. The van der Waals surface area contributed by atoms with Gasteiger partial charge in [0, 0.05) is 6.61 Å². The molecule has 2 N–H and O–H groups in total. The van der Waals surface area contributed by atoms with Crippen molar-refractivity contribution in [3.63, 3.8) is 0 Å². The fourth-order valence-corrected chi connectivity index (χ4v) is 4.08. The van der Waals surface area contributed by atoms with Gasteiger partial charge in [0.25, 0.3) is 0 Å². The lowest BCUT2D eigenvalue weighted by Gasteiger charge is -2.12. The van der Waals surface area contributed by atoms with E-state index in [4.69, 9.17) is 25.2 Å². The highest BCUT2D eigenvalue weighted by Gasteiger charge is 2.27. The average Bonchev–Trinajstić information content (AvgIpc) is 3.38. The van der Waals surface area contributed by atoms with Gasteiger partial charge in [-0.3, -0.25) is 4.57 Å². The minimum atomic E-state index is -0.508. The number of carbonyl (C=O) groups excluding carboxylic acids is 1. The molecule has 1 aliphatic rings. The van der Waals surface area contributed by atoms with E-state index in [1.807, 2.05) is 56.3 Å². The molecule has 158 valence electrons. The second kappa shape index (κ2) is 7.67. The van der Waals surface area contributed by atoms with Crippen molar-refractivity contribution < 1.29 is 14.3 Å². The van der Waals surface area contributed by atoms with E-state index >= 15 is 0 Å². The predicted octanol–water partition coefficient (Wildman–Crippen LogP) is 4.11. The first kappa shape index (κ1) is 19.5. The molecule has 2 aromatic carbocycles. The number of nitrogens with two attached hydrogens (primary N) is 1. The molecule has 31 heavy (non-hydrogen) atoms. The predicted molar refractivity (Wildman–Crippen MR) is 120 cm³/mol. The summed E-state index contributed by atoms with van der Waals surface area (Å²) in [6, 6.07) is 13.7. The van der Waals surface area contributed by atoms with Crippen molar-refractivity contribution in [3.8, 4) is 5.69 Å². The van der Waals surface area contributed by atoms with Crippen LogP contribution in [0.3, 0.4) is 0 Å². The summed E-state index contributed by atoms with van der Waals surface area (Å²) in [6.45, 7) is 4.93. The molecule has 4 aromatic rings. The second-order valence-corrected chi connectivity index (χ2v) is 8.00. The summed E-state index contributed by atoms with van der Waals surface area (Å²) < 4.78 is 13.0. The highest BCUT2D eigenvalue weighted by molar-refractivity contribution is 6.09. The molecular weight excluding hydrogens is 392 g/mol. The Kier molecular flexibility index (Phi) is 4.82. The Morgan fingerprint density at radius 2 is 1.97 bits per heavy atom. The van der Waals surface area contributed by atoms with E-state index in [0.29, 0.717) is 23.3 Å². The summed E-state index contributed by atoms with van der Waals surface area (Å²) in [5.74, 6) is -0.233. The number of benzene rings is 2. The summed E-state index contributed by atoms with van der Waals surface area (Å²) in [4.78, 5) is 22.7. The molecule has 2 aromatic heterocycles. The number of nitrogen functional groups attached to an aromatic ring is 1. The van der Waals surface area contributed by atoms with Gasteiger partial charge in [-0.25, -0.2) is 14.8 Å². The lowest BCUT2D eigenvalue weighted by molar-refractivity contribution is 0.0163. The first-order valence-electron chi connectivity index (χ1n) is 10.5. The van der Waals surface area contributed by atoms with Crippen LogP contribution in [0.4, 0.5) is 5.82 Å². The zero-order valence-corrected chi connectivity index (χ0v) is 17.6. The van der Waals surface area contributed by atoms with Crippen molar-refractivity contribution in [2.75, 3.05) is 18.9 Å². The van der Waals surface area contributed by atoms with Gasteiger partial charge in [0.1, 0.15) is 23.5 Å². The number of aromatic nitrogens is 3. The molecule has 7 nitrogen and oxygen atoms in total. The number of para-hydroxylation sites is 2. The van der Waals surface area contributed by atoms with E-state index in [1.165, 1.54) is 0 Å². The van der Waals surface area contributed by atoms with Gasteiger partial charge in [-0.2, -0.15) is 0 Å². The van der Waals surface area contributed by atoms with Crippen molar-refractivity contribution in [2.45, 2.75) is 32.8 Å². The number of fused-ring (bicyclic) bond motifs is 2. The van der Waals surface area contributed by atoms with Crippen molar-refractivity contribution in [2.24, 2.45) is 0 Å². The van der Waals surface area contributed by atoms with Gasteiger partial charge in [0.2, 0.25) is 0 Å². The lowest BCUT2D eigenvalue weighted by Crippen LogP contribution is -2.18. The molecule has 0 aliphatic carbocycles. The monoisotopic (exact) mass is 416 g/mol. The third kappa shape index (κ3) is 3.41. The lowest BCUT2D eigenvalue weighted by atomic mass is 10.1. The highest BCUT2D eigenvalue weighted by Crippen LogP contribution is 2.33. The molecule has 5 rings (SSSR count). The minimum absolute atomic E-state index is 0.0653. The largest absolute Gasteiger partial charge is 0.459 e. The van der Waals surface area contributed by atoms with E-state index in [9.17, 15) is 4.79 Å². The Bertz CT molecular complexity index is 1310. The fourth-order valence-electron chi connectivity index (χ4n) is 4.08. The molecule has 1 atom stereocenters. The molecule has 0 amide bonds. The Morgan fingerprint density at radius 1 is 1.19 bits per heavy atom. The normalized spacial score (nSPS) is 16.3. The summed E-state index contributed by atoms with van der Waals surface area (Å²) in [7, 11) is 0. The number of hydrogen-bond acceptors (Lipinski definition) is 6. The zero-order valence-electron chi connectivity index (χ0n) is 17.6. The van der Waals surface area contributed by atoms with Crippen LogP contribution < -0.4 is 5.73 Å². The molecule has 0 radical (unpaired) electrons. The number of aryl methyl sites for hydroxylation is 2. The van der Waals surface area contributed by atoms with Crippen LogP contribution in [0.5, 0.6) is 0 Å². The SMILES string of the molecule is Cc1ccc(C)c(-n2c(N)c(C(=O)OCC3CCCO3)c3nc4ccccc4nc32)c1. The van der Waals surface area contributed by atoms with Gasteiger partial charge in [0.05, 0.1) is 22.8 Å². The van der Waals surface area contributed by atoms with E-state index in [-0.39, 0.29) is 24.1 Å². The molecule has 1 fully saturated rings. The maximum atomic E-state index is 13.1. The van der Waals surface area contributed by atoms with Crippen molar-refractivity contribution in [1.82, 2.24) is 14.5 Å². The number of esters is 1. The summed E-state index contributed by atoms with van der Waals surface area (Å²) in [6.07, 6.45) is 1.80. The van der Waals surface area contributed by atoms with Crippen molar-refractivity contribution in [3.05, 3.63) is 59.2 Å². The van der Waals surface area contributed by atoms with Crippen molar-refractivity contribution in [1.29, 1.82) is 0 Å². The van der Waals surface area contributed by atoms with E-state index in [2.05, 4.69) is 0 Å². The van der Waals surface area contributed by atoms with E-state index < -0.39 is 5.97 Å². The minimum Gasteiger partial charge on any atom is -0.459 e. The zero-order chi connectivity index (χ0) is 21.5. The average molecular weight is 416 g/mol. The first-order valence-corrected chi connectivity index (χ1v) is 10.5. The number of rotatable bonds is 4. The van der Waals surface area contributed by atoms with Crippen molar-refractivity contribution >= 4 is 34.0 Å². The first-order chi connectivity index (χ1) is 15.0. The van der Waals surface area contributed by atoms with Gasteiger partial charge in [0.15, 0.2) is 5.65 Å². The van der Waals surface area contributed by atoms with Crippen LogP contribution in [0, 0.1) is 13.8 Å². The summed E-state index contributed by atoms with van der Waals surface area (Å²) in [5.41, 5.74) is 12.2. The standard InChI is InChI=1S/C24H24N4O3/c1-14-9-10-15(2)19(12-14)28-22(25)20(24(29)31-13-16-6-5-11-30-16)21-23(28)27-18-8-4-3-7-17(18)26-21/h3-4,7-10,12,16H,5-6,11,13,25H2,1-2H3. The van der Waals surface area contributed by atoms with Gasteiger partial charge >= 0.3 is 5.97 Å². The topological polar surface area (TPSA) is 92.3 Å². The van der Waals surface area contributed by atoms with Crippen LogP contribution in [0.25, 0.3) is 27.9 Å². The second-order valence-electron chi connectivity index (χ2n) is 8.00. The van der Waals surface area contributed by atoms with Gasteiger partial charge in [-0.05, 0) is 56.0 Å². The van der Waals surface area contributed by atoms with Crippen LogP contribution in [0.1, 0.15) is 34.3 Å². The smallest absolute Gasteiger partial charge is 0.344 e. The molecule has 0 bridgehead atoms. The van der Waals surface area contributed by atoms with Crippen LogP contribution in [-0.2, 0) is 9.47 Å². The number of nitrogens with zero attached hydrogens (tertiary/aromatic N) is 3. The molecular formula is C24H24N4O3.